The predicted molar refractivity (Wildman–Crippen MR) is 59.5 cm³/mol. The summed E-state index contributed by atoms with van der Waals surface area (Å²) in [5, 5.41) is 3.21. The average molecular weight is 216 g/mol. The van der Waals surface area contributed by atoms with E-state index in [0.29, 0.717) is 5.56 Å². The van der Waals surface area contributed by atoms with E-state index >= 15 is 0 Å². The lowest BCUT2D eigenvalue weighted by Gasteiger charge is -2.23. The fraction of sp³-hybridized carbons (Fsp3) is 0.333. The molecule has 1 atom stereocenters. The molecule has 0 spiro atoms. The topological polar surface area (TPSA) is 49.4 Å². The highest BCUT2D eigenvalue weighted by atomic mass is 16.2. The molecule has 0 aliphatic carbocycles. The number of hydrogen-bond acceptors (Lipinski definition) is 3. The summed E-state index contributed by atoms with van der Waals surface area (Å²) in [6.45, 7) is 1.68. The van der Waals surface area contributed by atoms with E-state index in [9.17, 15) is 9.59 Å². The van der Waals surface area contributed by atoms with Crippen LogP contribution in [0.1, 0.15) is 16.8 Å². The predicted octanol–water partition coefficient (Wildman–Crippen LogP) is 0.578. The van der Waals surface area contributed by atoms with Gasteiger partial charge in [0.25, 0.3) is 11.7 Å². The molecule has 2 heterocycles. The monoisotopic (exact) mass is 216 g/mol. The van der Waals surface area contributed by atoms with E-state index in [0.717, 1.165) is 25.2 Å². The van der Waals surface area contributed by atoms with Crippen molar-refractivity contribution in [3.8, 4) is 0 Å². The van der Waals surface area contributed by atoms with Crippen molar-refractivity contribution in [2.75, 3.05) is 18.0 Å². The third-order valence-electron chi connectivity index (χ3n) is 3.22. The van der Waals surface area contributed by atoms with Crippen LogP contribution < -0.4 is 10.2 Å². The van der Waals surface area contributed by atoms with Gasteiger partial charge in [0.15, 0.2) is 0 Å². The Bertz CT molecular complexity index is 464. The summed E-state index contributed by atoms with van der Waals surface area (Å²) in [4.78, 5) is 25.3. The molecule has 1 N–H and O–H groups in total. The zero-order valence-corrected chi connectivity index (χ0v) is 8.77. The highest BCUT2D eigenvalue weighted by molar-refractivity contribution is 6.52. The molecule has 2 aliphatic rings. The molecule has 16 heavy (non-hydrogen) atoms. The number of amides is 1. The Morgan fingerprint density at radius 2 is 2.06 bits per heavy atom. The number of nitrogens with one attached hydrogen (secondary N) is 1. The Labute approximate surface area is 93.2 Å². The van der Waals surface area contributed by atoms with Gasteiger partial charge in [0.05, 0.1) is 17.3 Å². The first-order chi connectivity index (χ1) is 7.79. The smallest absolute Gasteiger partial charge is 0.299 e. The quantitative estimate of drug-likeness (QED) is 0.698. The van der Waals surface area contributed by atoms with Crippen molar-refractivity contribution in [3.05, 3.63) is 29.8 Å². The normalized spacial score (nSPS) is 24.0. The molecular weight excluding hydrogens is 204 g/mol. The van der Waals surface area contributed by atoms with Gasteiger partial charge in [-0.15, -0.1) is 0 Å². The standard InChI is InChI=1S/C12H12N2O2/c15-11-9-3-1-2-4-10(9)14(12(11)16)8-5-6-13-7-8/h1-4,8,13H,5-7H2. The second-order valence-corrected chi connectivity index (χ2v) is 4.17. The highest BCUT2D eigenvalue weighted by Crippen LogP contribution is 2.31. The molecule has 1 aromatic rings. The van der Waals surface area contributed by atoms with Crippen LogP contribution in [-0.4, -0.2) is 30.8 Å². The van der Waals surface area contributed by atoms with Crippen LogP contribution >= 0.6 is 0 Å². The van der Waals surface area contributed by atoms with Crippen molar-refractivity contribution in [1.29, 1.82) is 0 Å². The maximum absolute atomic E-state index is 11.9. The molecule has 0 aromatic heterocycles. The summed E-state index contributed by atoms with van der Waals surface area (Å²) < 4.78 is 0. The number of ketones is 1. The van der Waals surface area contributed by atoms with Gasteiger partial charge in [0, 0.05) is 6.54 Å². The zero-order valence-electron chi connectivity index (χ0n) is 8.77. The van der Waals surface area contributed by atoms with E-state index in [1.54, 1.807) is 17.0 Å². The van der Waals surface area contributed by atoms with E-state index in [2.05, 4.69) is 5.32 Å². The maximum Gasteiger partial charge on any atom is 0.299 e. The minimum Gasteiger partial charge on any atom is -0.315 e. The third-order valence-corrected chi connectivity index (χ3v) is 3.22. The van der Waals surface area contributed by atoms with Crippen LogP contribution in [-0.2, 0) is 4.79 Å². The molecule has 1 aromatic carbocycles. The minimum atomic E-state index is -0.380. The van der Waals surface area contributed by atoms with Crippen LogP contribution in [0.2, 0.25) is 0 Å². The van der Waals surface area contributed by atoms with E-state index in [1.165, 1.54) is 0 Å². The van der Waals surface area contributed by atoms with E-state index in [-0.39, 0.29) is 17.7 Å². The second kappa shape index (κ2) is 3.42. The SMILES string of the molecule is O=C1C(=O)N(C2CCNC2)c2ccccc21. The molecule has 2 aliphatic heterocycles. The number of Topliss-reactive ketones (excluding diaryl/α,β-unsaturated/α-hetero) is 1. The summed E-state index contributed by atoms with van der Waals surface area (Å²) in [5.41, 5.74) is 1.31. The van der Waals surface area contributed by atoms with Crippen LogP contribution in [0, 0.1) is 0 Å². The van der Waals surface area contributed by atoms with Gasteiger partial charge in [-0.05, 0) is 25.1 Å². The van der Waals surface area contributed by atoms with E-state index < -0.39 is 0 Å². The van der Waals surface area contributed by atoms with Crippen LogP contribution in [0.25, 0.3) is 0 Å². The lowest BCUT2D eigenvalue weighted by molar-refractivity contribution is -0.114. The summed E-state index contributed by atoms with van der Waals surface area (Å²) in [6, 6.07) is 7.34. The van der Waals surface area contributed by atoms with Crippen LogP contribution in [0.4, 0.5) is 5.69 Å². The van der Waals surface area contributed by atoms with Crippen LogP contribution in [0.5, 0.6) is 0 Å². The van der Waals surface area contributed by atoms with Crippen molar-refractivity contribution in [2.24, 2.45) is 0 Å². The molecule has 3 rings (SSSR count). The number of fused-ring (bicyclic) bond motifs is 1. The molecule has 1 saturated heterocycles. The Morgan fingerprint density at radius 3 is 2.81 bits per heavy atom. The van der Waals surface area contributed by atoms with Gasteiger partial charge < -0.3 is 10.2 Å². The maximum atomic E-state index is 11.9. The number of rotatable bonds is 1. The molecule has 4 heteroatoms. The fourth-order valence-corrected chi connectivity index (χ4v) is 2.43. The van der Waals surface area contributed by atoms with Crippen molar-refractivity contribution in [1.82, 2.24) is 5.32 Å². The second-order valence-electron chi connectivity index (χ2n) is 4.17. The number of anilines is 1. The zero-order chi connectivity index (χ0) is 11.1. The summed E-state index contributed by atoms with van der Waals surface area (Å²) in [6.07, 6.45) is 0.910. The first-order valence-corrected chi connectivity index (χ1v) is 5.46. The summed E-state index contributed by atoms with van der Waals surface area (Å²) >= 11 is 0. The summed E-state index contributed by atoms with van der Waals surface area (Å²) in [5.74, 6) is -0.752. The summed E-state index contributed by atoms with van der Waals surface area (Å²) in [7, 11) is 0. The van der Waals surface area contributed by atoms with Gasteiger partial charge in [0.2, 0.25) is 0 Å². The third kappa shape index (κ3) is 1.20. The van der Waals surface area contributed by atoms with E-state index in [1.807, 2.05) is 12.1 Å². The van der Waals surface area contributed by atoms with Gasteiger partial charge in [-0.2, -0.15) is 0 Å². The first kappa shape index (κ1) is 9.54. The molecule has 4 nitrogen and oxygen atoms in total. The molecular formula is C12H12N2O2. The van der Waals surface area contributed by atoms with Crippen LogP contribution in [0.15, 0.2) is 24.3 Å². The molecule has 0 bridgehead atoms. The fourth-order valence-electron chi connectivity index (χ4n) is 2.43. The van der Waals surface area contributed by atoms with Crippen molar-refractivity contribution in [3.63, 3.8) is 0 Å². The molecule has 1 fully saturated rings. The largest absolute Gasteiger partial charge is 0.315 e. The van der Waals surface area contributed by atoms with Crippen molar-refractivity contribution < 1.29 is 9.59 Å². The highest BCUT2D eigenvalue weighted by Gasteiger charge is 2.40. The molecule has 1 unspecified atom stereocenters. The average Bonchev–Trinajstić information content (AvgIpc) is 2.89. The van der Waals surface area contributed by atoms with Gasteiger partial charge in [-0.25, -0.2) is 0 Å². The number of benzene rings is 1. The molecule has 82 valence electrons. The molecule has 0 radical (unpaired) electrons. The molecule has 1 amide bonds. The number of carbonyl (C=O) groups is 2. The van der Waals surface area contributed by atoms with Gasteiger partial charge in [-0.1, -0.05) is 12.1 Å². The van der Waals surface area contributed by atoms with Gasteiger partial charge >= 0.3 is 0 Å². The number of nitrogens with zero attached hydrogens (tertiary/aromatic N) is 1. The Hall–Kier alpha value is -1.68. The lowest BCUT2D eigenvalue weighted by atomic mass is 10.1. The number of carbonyl (C=O) groups excluding carboxylic acids is 2. The van der Waals surface area contributed by atoms with Gasteiger partial charge in [-0.3, -0.25) is 9.59 Å². The lowest BCUT2D eigenvalue weighted by Crippen LogP contribution is -2.40. The van der Waals surface area contributed by atoms with Gasteiger partial charge in [0.1, 0.15) is 0 Å². The van der Waals surface area contributed by atoms with E-state index in [4.69, 9.17) is 0 Å². The Balaban J connectivity index is 2.06. The van der Waals surface area contributed by atoms with Crippen molar-refractivity contribution in [2.45, 2.75) is 12.5 Å². The molecule has 0 saturated carbocycles. The minimum absolute atomic E-state index is 0.125. The first-order valence-electron chi connectivity index (χ1n) is 5.46. The number of para-hydroxylation sites is 1. The Kier molecular flexibility index (Phi) is 2.04. The number of hydrogen-bond donors (Lipinski definition) is 1. The Morgan fingerprint density at radius 1 is 1.25 bits per heavy atom. The van der Waals surface area contributed by atoms with Crippen LogP contribution in [0.3, 0.4) is 0 Å². The van der Waals surface area contributed by atoms with Crippen molar-refractivity contribution >= 4 is 17.4 Å².